The van der Waals surface area contributed by atoms with Crippen molar-refractivity contribution in [2.75, 3.05) is 13.6 Å². The normalized spacial score (nSPS) is 14.1. The highest BCUT2D eigenvalue weighted by molar-refractivity contribution is 7.89. The van der Waals surface area contributed by atoms with E-state index in [1.54, 1.807) is 18.7 Å². The van der Waals surface area contributed by atoms with Crippen molar-refractivity contribution < 1.29 is 13.5 Å². The summed E-state index contributed by atoms with van der Waals surface area (Å²) in [5.41, 5.74) is 1.28. The first-order valence-electron chi connectivity index (χ1n) is 6.44. The molecule has 7 heteroatoms. The Morgan fingerprint density at radius 2 is 1.95 bits per heavy atom. The van der Waals surface area contributed by atoms with Gasteiger partial charge in [-0.1, -0.05) is 13.8 Å². The van der Waals surface area contributed by atoms with Gasteiger partial charge in [-0.3, -0.25) is 4.68 Å². The summed E-state index contributed by atoms with van der Waals surface area (Å²) < 4.78 is 28.0. The highest BCUT2D eigenvalue weighted by atomic mass is 32.2. The molecule has 1 aromatic rings. The van der Waals surface area contributed by atoms with Gasteiger partial charge < -0.3 is 5.11 Å². The molecule has 0 aliphatic carbocycles. The van der Waals surface area contributed by atoms with E-state index < -0.39 is 16.1 Å². The van der Waals surface area contributed by atoms with Gasteiger partial charge >= 0.3 is 0 Å². The van der Waals surface area contributed by atoms with Crippen LogP contribution >= 0.6 is 0 Å². The van der Waals surface area contributed by atoms with E-state index in [1.165, 1.54) is 11.4 Å². The van der Waals surface area contributed by atoms with Crippen molar-refractivity contribution in [2.24, 2.45) is 7.05 Å². The van der Waals surface area contributed by atoms with Crippen molar-refractivity contribution in [3.63, 3.8) is 0 Å². The number of aromatic nitrogens is 2. The van der Waals surface area contributed by atoms with E-state index in [0.29, 0.717) is 29.1 Å². The van der Waals surface area contributed by atoms with Crippen molar-refractivity contribution in [2.45, 2.75) is 44.6 Å². The van der Waals surface area contributed by atoms with E-state index in [9.17, 15) is 13.5 Å². The Labute approximate surface area is 115 Å². The number of aliphatic hydroxyl groups excluding tert-OH is 1. The third kappa shape index (κ3) is 3.16. The van der Waals surface area contributed by atoms with E-state index in [2.05, 4.69) is 5.10 Å². The van der Waals surface area contributed by atoms with Crippen molar-refractivity contribution >= 4 is 10.0 Å². The lowest BCUT2D eigenvalue weighted by molar-refractivity contribution is 0.171. The summed E-state index contributed by atoms with van der Waals surface area (Å²) in [7, 11) is -0.373. The number of likely N-dealkylation sites (N-methyl/N-ethyl adjacent to an activating group) is 1. The minimum atomic E-state index is -3.61. The third-order valence-electron chi connectivity index (χ3n) is 3.04. The maximum atomic E-state index is 12.6. The van der Waals surface area contributed by atoms with Crippen LogP contribution in [-0.2, 0) is 29.9 Å². The smallest absolute Gasteiger partial charge is 0.246 e. The van der Waals surface area contributed by atoms with E-state index in [0.717, 1.165) is 0 Å². The molecule has 6 nitrogen and oxygen atoms in total. The molecule has 1 heterocycles. The monoisotopic (exact) mass is 289 g/mol. The molecule has 0 aromatic carbocycles. The van der Waals surface area contributed by atoms with Gasteiger partial charge in [0.1, 0.15) is 4.90 Å². The molecule has 1 rings (SSSR count). The Hall–Kier alpha value is -0.920. The average molecular weight is 289 g/mol. The number of sulfonamides is 1. The van der Waals surface area contributed by atoms with E-state index in [-0.39, 0.29) is 6.54 Å². The molecule has 0 saturated heterocycles. The van der Waals surface area contributed by atoms with E-state index >= 15 is 0 Å². The third-order valence-corrected chi connectivity index (χ3v) is 5.00. The lowest BCUT2D eigenvalue weighted by atomic mass is 10.2. The molecular formula is C12H23N3O3S. The Kier molecular flexibility index (Phi) is 5.11. The van der Waals surface area contributed by atoms with Gasteiger partial charge in [0, 0.05) is 20.6 Å². The molecule has 0 amide bonds. The second-order valence-electron chi connectivity index (χ2n) is 4.69. The standard InChI is InChI=1S/C12H23N3O3S/c1-6-10-12(11(7-2)15(5)13-10)19(17,18)14(4)8-9(3)16/h9,16H,6-8H2,1-5H3/t9-/m1/s1. The van der Waals surface area contributed by atoms with Crippen LogP contribution in [0.2, 0.25) is 0 Å². The number of hydrogen-bond acceptors (Lipinski definition) is 4. The van der Waals surface area contributed by atoms with Gasteiger partial charge in [0.15, 0.2) is 0 Å². The zero-order valence-electron chi connectivity index (χ0n) is 12.2. The Bertz CT molecular complexity index is 535. The molecule has 0 unspecified atom stereocenters. The first-order chi connectivity index (χ1) is 8.75. The maximum Gasteiger partial charge on any atom is 0.246 e. The van der Waals surface area contributed by atoms with Crippen LogP contribution in [-0.4, -0.2) is 47.3 Å². The zero-order chi connectivity index (χ0) is 14.8. The van der Waals surface area contributed by atoms with E-state index in [1.807, 2.05) is 13.8 Å². The predicted octanol–water partition coefficient (Wildman–Crippen LogP) is 0.546. The Morgan fingerprint density at radius 1 is 1.37 bits per heavy atom. The first kappa shape index (κ1) is 16.1. The molecule has 1 aromatic heterocycles. The lowest BCUT2D eigenvalue weighted by Crippen LogP contribution is -2.34. The summed E-state index contributed by atoms with van der Waals surface area (Å²) in [5, 5.41) is 13.6. The van der Waals surface area contributed by atoms with Crippen LogP contribution in [0, 0.1) is 0 Å². The van der Waals surface area contributed by atoms with Gasteiger partial charge in [-0.25, -0.2) is 8.42 Å². The second kappa shape index (κ2) is 6.02. The van der Waals surface area contributed by atoms with Crippen LogP contribution in [0.25, 0.3) is 0 Å². The summed E-state index contributed by atoms with van der Waals surface area (Å²) >= 11 is 0. The maximum absolute atomic E-state index is 12.6. The van der Waals surface area contributed by atoms with Crippen molar-refractivity contribution in [3.05, 3.63) is 11.4 Å². The topological polar surface area (TPSA) is 75.4 Å². The zero-order valence-corrected chi connectivity index (χ0v) is 13.0. The van der Waals surface area contributed by atoms with Crippen LogP contribution in [0.15, 0.2) is 4.90 Å². The van der Waals surface area contributed by atoms with Gasteiger partial charge in [-0.2, -0.15) is 9.40 Å². The summed E-state index contributed by atoms with van der Waals surface area (Å²) in [6.07, 6.45) is 0.456. The molecule has 0 radical (unpaired) electrons. The molecule has 0 bridgehead atoms. The van der Waals surface area contributed by atoms with Gasteiger partial charge in [0.2, 0.25) is 10.0 Å². The fourth-order valence-electron chi connectivity index (χ4n) is 2.14. The Balaban J connectivity index is 3.35. The van der Waals surface area contributed by atoms with Crippen molar-refractivity contribution in [3.8, 4) is 0 Å². The van der Waals surface area contributed by atoms with Gasteiger partial charge in [-0.15, -0.1) is 0 Å². The summed E-state index contributed by atoms with van der Waals surface area (Å²) in [5.74, 6) is 0. The molecule has 0 spiro atoms. The molecule has 1 N–H and O–H groups in total. The van der Waals surface area contributed by atoms with Crippen LogP contribution in [0.5, 0.6) is 0 Å². The summed E-state index contributed by atoms with van der Waals surface area (Å²) in [4.78, 5) is 0.295. The molecule has 0 fully saturated rings. The minimum absolute atomic E-state index is 0.0730. The van der Waals surface area contributed by atoms with Crippen molar-refractivity contribution in [1.29, 1.82) is 0 Å². The number of nitrogens with zero attached hydrogens (tertiary/aromatic N) is 3. The van der Waals surface area contributed by atoms with Crippen LogP contribution in [0.3, 0.4) is 0 Å². The highest BCUT2D eigenvalue weighted by Gasteiger charge is 2.30. The van der Waals surface area contributed by atoms with Gasteiger partial charge in [-0.05, 0) is 19.8 Å². The molecule has 0 saturated carbocycles. The molecular weight excluding hydrogens is 266 g/mol. The largest absolute Gasteiger partial charge is 0.392 e. The average Bonchev–Trinajstić information content (AvgIpc) is 2.64. The molecule has 110 valence electrons. The van der Waals surface area contributed by atoms with Gasteiger partial charge in [0.05, 0.1) is 17.5 Å². The molecule has 0 aliphatic rings. The number of aliphatic hydroxyl groups is 1. The molecule has 0 aliphatic heterocycles. The van der Waals surface area contributed by atoms with Crippen LogP contribution in [0.1, 0.15) is 32.2 Å². The number of aryl methyl sites for hydroxylation is 2. The highest BCUT2D eigenvalue weighted by Crippen LogP contribution is 2.24. The quantitative estimate of drug-likeness (QED) is 0.829. The summed E-state index contributed by atoms with van der Waals surface area (Å²) in [6, 6.07) is 0. The first-order valence-corrected chi connectivity index (χ1v) is 7.88. The Morgan fingerprint density at radius 3 is 2.37 bits per heavy atom. The predicted molar refractivity (Wildman–Crippen MR) is 73.5 cm³/mol. The van der Waals surface area contributed by atoms with Crippen molar-refractivity contribution in [1.82, 2.24) is 14.1 Å². The minimum Gasteiger partial charge on any atom is -0.392 e. The number of hydrogen-bond donors (Lipinski definition) is 1. The number of rotatable bonds is 6. The fraction of sp³-hybridized carbons (Fsp3) is 0.750. The second-order valence-corrected chi connectivity index (χ2v) is 6.67. The summed E-state index contributed by atoms with van der Waals surface area (Å²) in [6.45, 7) is 5.43. The lowest BCUT2D eigenvalue weighted by Gasteiger charge is -2.19. The fourth-order valence-corrected chi connectivity index (χ4v) is 3.93. The SMILES string of the molecule is CCc1nn(C)c(CC)c1S(=O)(=O)N(C)C[C@@H](C)O. The van der Waals surface area contributed by atoms with Crippen LogP contribution < -0.4 is 0 Å². The van der Waals surface area contributed by atoms with Gasteiger partial charge in [0.25, 0.3) is 0 Å². The van der Waals surface area contributed by atoms with E-state index in [4.69, 9.17) is 0 Å². The molecule has 1 atom stereocenters. The van der Waals surface area contributed by atoms with Crippen LogP contribution in [0.4, 0.5) is 0 Å². The molecule has 19 heavy (non-hydrogen) atoms.